The fourth-order valence-corrected chi connectivity index (χ4v) is 1.65. The molecule has 0 aliphatic heterocycles. The second-order valence-electron chi connectivity index (χ2n) is 4.06. The first-order valence-electron chi connectivity index (χ1n) is 5.85. The quantitative estimate of drug-likeness (QED) is 0.773. The minimum absolute atomic E-state index is 0.374. The first-order valence-corrected chi connectivity index (χ1v) is 5.85. The summed E-state index contributed by atoms with van der Waals surface area (Å²) in [5.41, 5.74) is 2.69. The molecule has 19 heavy (non-hydrogen) atoms. The van der Waals surface area contributed by atoms with Gasteiger partial charge in [0.15, 0.2) is 0 Å². The van der Waals surface area contributed by atoms with Crippen molar-refractivity contribution in [2.75, 3.05) is 5.32 Å². The van der Waals surface area contributed by atoms with Crippen molar-refractivity contribution < 1.29 is 8.94 Å². The largest absolute Gasteiger partial charge is 0.403 e. The van der Waals surface area contributed by atoms with Crippen molar-refractivity contribution in [3.05, 3.63) is 47.9 Å². The highest BCUT2D eigenvalue weighted by Crippen LogP contribution is 2.19. The normalized spacial score (nSPS) is 10.6. The Morgan fingerprint density at radius 1 is 1.16 bits per heavy atom. The van der Waals surface area contributed by atoms with Gasteiger partial charge in [0.1, 0.15) is 6.26 Å². The lowest BCUT2D eigenvalue weighted by Gasteiger charge is -1.98. The van der Waals surface area contributed by atoms with Gasteiger partial charge in [0.2, 0.25) is 5.89 Å². The Balaban J connectivity index is 1.70. The average molecular weight is 256 g/mol. The molecule has 0 bridgehead atoms. The monoisotopic (exact) mass is 256 g/mol. The van der Waals surface area contributed by atoms with E-state index in [4.69, 9.17) is 8.94 Å². The highest BCUT2D eigenvalue weighted by Gasteiger charge is 2.09. The van der Waals surface area contributed by atoms with Crippen molar-refractivity contribution in [2.45, 2.75) is 13.5 Å². The van der Waals surface area contributed by atoms with Gasteiger partial charge < -0.3 is 14.3 Å². The molecule has 0 fully saturated rings. The van der Waals surface area contributed by atoms with Gasteiger partial charge in [-0.05, 0) is 19.1 Å². The number of hydrogen-bond donors (Lipinski definition) is 1. The lowest BCUT2D eigenvalue weighted by molar-refractivity contribution is 0.414. The van der Waals surface area contributed by atoms with Gasteiger partial charge >= 0.3 is 6.01 Å². The van der Waals surface area contributed by atoms with Gasteiger partial charge in [0.05, 0.1) is 5.69 Å². The van der Waals surface area contributed by atoms with Crippen molar-refractivity contribution in [1.29, 1.82) is 0 Å². The zero-order chi connectivity index (χ0) is 13.1. The smallest absolute Gasteiger partial charge is 0.316 e. The summed E-state index contributed by atoms with van der Waals surface area (Å²) < 4.78 is 10.4. The van der Waals surface area contributed by atoms with Crippen LogP contribution in [-0.2, 0) is 6.54 Å². The highest BCUT2D eigenvalue weighted by molar-refractivity contribution is 5.52. The van der Waals surface area contributed by atoms with Crippen molar-refractivity contribution >= 4 is 6.01 Å². The zero-order valence-electron chi connectivity index (χ0n) is 10.3. The van der Waals surface area contributed by atoms with E-state index >= 15 is 0 Å². The number of benzene rings is 1. The number of nitrogens with one attached hydrogen (secondary N) is 1. The molecule has 0 aliphatic rings. The van der Waals surface area contributed by atoms with Crippen LogP contribution in [0.4, 0.5) is 6.01 Å². The summed E-state index contributed by atoms with van der Waals surface area (Å²) >= 11 is 0. The average Bonchev–Trinajstić information content (AvgIpc) is 3.06. The van der Waals surface area contributed by atoms with E-state index in [1.807, 2.05) is 37.3 Å². The molecule has 0 atom stereocenters. The third-order valence-corrected chi connectivity index (χ3v) is 2.73. The van der Waals surface area contributed by atoms with Gasteiger partial charge in [-0.3, -0.25) is 0 Å². The van der Waals surface area contributed by atoms with Crippen LogP contribution in [0.25, 0.3) is 11.5 Å². The molecule has 3 rings (SSSR count). The van der Waals surface area contributed by atoms with Gasteiger partial charge in [-0.15, -0.1) is 5.10 Å². The van der Waals surface area contributed by atoms with Crippen LogP contribution in [0.2, 0.25) is 0 Å². The lowest BCUT2D eigenvalue weighted by atomic mass is 10.2. The fourth-order valence-electron chi connectivity index (χ4n) is 1.65. The predicted molar refractivity (Wildman–Crippen MR) is 68.3 cm³/mol. The molecule has 1 N–H and O–H groups in total. The van der Waals surface area contributed by atoms with Crippen molar-refractivity contribution in [3.63, 3.8) is 0 Å². The molecule has 0 amide bonds. The van der Waals surface area contributed by atoms with Crippen LogP contribution < -0.4 is 5.32 Å². The minimum atomic E-state index is 0.374. The van der Waals surface area contributed by atoms with Crippen LogP contribution in [0.15, 0.2) is 45.5 Å². The Hall–Kier alpha value is -2.63. The molecule has 2 heterocycles. The van der Waals surface area contributed by atoms with Crippen molar-refractivity contribution in [3.8, 4) is 11.5 Å². The summed E-state index contributed by atoms with van der Waals surface area (Å²) in [5.74, 6) is 0.491. The van der Waals surface area contributed by atoms with Crippen LogP contribution in [0, 0.1) is 6.92 Å². The zero-order valence-corrected chi connectivity index (χ0v) is 10.3. The maximum atomic E-state index is 5.52. The number of nitrogens with zero attached hydrogens (tertiary/aromatic N) is 3. The standard InChI is InChI=1S/C13H12N4O2/c1-9-11(8-18-17-9)7-14-13-16-15-12(19-13)10-5-3-2-4-6-10/h2-6,8H,7H2,1H3,(H,14,16). The molecule has 2 aromatic heterocycles. The molecule has 0 saturated carbocycles. The van der Waals surface area contributed by atoms with Gasteiger partial charge in [0.25, 0.3) is 0 Å². The van der Waals surface area contributed by atoms with Crippen LogP contribution >= 0.6 is 0 Å². The number of aromatic nitrogens is 3. The van der Waals surface area contributed by atoms with Crippen LogP contribution in [0.1, 0.15) is 11.3 Å². The summed E-state index contributed by atoms with van der Waals surface area (Å²) in [6.07, 6.45) is 1.59. The second kappa shape index (κ2) is 4.93. The molecule has 6 heteroatoms. The van der Waals surface area contributed by atoms with E-state index in [0.717, 1.165) is 16.8 Å². The summed E-state index contributed by atoms with van der Waals surface area (Å²) in [7, 11) is 0. The third-order valence-electron chi connectivity index (χ3n) is 2.73. The topological polar surface area (TPSA) is 77.0 Å². The maximum absolute atomic E-state index is 5.52. The fraction of sp³-hybridized carbons (Fsp3) is 0.154. The number of hydrogen-bond acceptors (Lipinski definition) is 6. The SMILES string of the molecule is Cc1nocc1CNc1nnc(-c2ccccc2)o1. The van der Waals surface area contributed by atoms with Gasteiger partial charge in [-0.2, -0.15) is 0 Å². The van der Waals surface area contributed by atoms with Gasteiger partial charge in [-0.25, -0.2) is 0 Å². The third kappa shape index (κ3) is 2.47. The minimum Gasteiger partial charge on any atom is -0.403 e. The molecule has 0 unspecified atom stereocenters. The first kappa shape index (κ1) is 11.5. The first-order chi connectivity index (χ1) is 9.33. The predicted octanol–water partition coefficient (Wildman–Crippen LogP) is 2.65. The van der Waals surface area contributed by atoms with Crippen molar-refractivity contribution in [2.24, 2.45) is 0 Å². The number of rotatable bonds is 4. The van der Waals surface area contributed by atoms with Crippen LogP contribution in [-0.4, -0.2) is 15.4 Å². The Morgan fingerprint density at radius 3 is 2.74 bits per heavy atom. The van der Waals surface area contributed by atoms with E-state index in [9.17, 15) is 0 Å². The molecule has 0 radical (unpaired) electrons. The second-order valence-corrected chi connectivity index (χ2v) is 4.06. The molecule has 1 aromatic carbocycles. The van der Waals surface area contributed by atoms with Gasteiger partial charge in [-0.1, -0.05) is 28.5 Å². The molecule has 0 aliphatic carbocycles. The van der Waals surface area contributed by atoms with E-state index in [1.54, 1.807) is 6.26 Å². The molecule has 6 nitrogen and oxygen atoms in total. The van der Waals surface area contributed by atoms with E-state index in [-0.39, 0.29) is 0 Å². The highest BCUT2D eigenvalue weighted by atomic mass is 16.5. The van der Waals surface area contributed by atoms with Crippen molar-refractivity contribution in [1.82, 2.24) is 15.4 Å². The van der Waals surface area contributed by atoms with E-state index in [1.165, 1.54) is 0 Å². The van der Waals surface area contributed by atoms with Crippen LogP contribution in [0.5, 0.6) is 0 Å². The Morgan fingerprint density at radius 2 is 2.00 bits per heavy atom. The summed E-state index contributed by atoms with van der Waals surface area (Å²) in [4.78, 5) is 0. The summed E-state index contributed by atoms with van der Waals surface area (Å²) in [6.45, 7) is 2.41. The maximum Gasteiger partial charge on any atom is 0.316 e. The molecule has 3 aromatic rings. The Labute approximate surface area is 109 Å². The number of aryl methyl sites for hydroxylation is 1. The van der Waals surface area contributed by atoms with E-state index in [0.29, 0.717) is 18.5 Å². The summed E-state index contributed by atoms with van der Waals surface area (Å²) in [5, 5.41) is 14.8. The molecule has 96 valence electrons. The van der Waals surface area contributed by atoms with E-state index < -0.39 is 0 Å². The molecule has 0 saturated heterocycles. The molecular formula is C13H12N4O2. The summed E-state index contributed by atoms with van der Waals surface area (Å²) in [6, 6.07) is 10.00. The Bertz CT molecular complexity index is 660. The van der Waals surface area contributed by atoms with E-state index in [2.05, 4.69) is 20.7 Å². The molecule has 0 spiro atoms. The molecular weight excluding hydrogens is 244 g/mol. The number of anilines is 1. The Kier molecular flexibility index (Phi) is 2.97. The van der Waals surface area contributed by atoms with Gasteiger partial charge in [0, 0.05) is 17.7 Å². The lowest BCUT2D eigenvalue weighted by Crippen LogP contribution is -1.99. The van der Waals surface area contributed by atoms with Crippen LogP contribution in [0.3, 0.4) is 0 Å².